The van der Waals surface area contributed by atoms with E-state index in [0.29, 0.717) is 18.1 Å². The lowest BCUT2D eigenvalue weighted by Crippen LogP contribution is -2.29. The first-order valence-electron chi connectivity index (χ1n) is 7.39. The Morgan fingerprint density at radius 3 is 2.40 bits per heavy atom. The van der Waals surface area contributed by atoms with Crippen LogP contribution in [0.5, 0.6) is 11.5 Å². The fourth-order valence-electron chi connectivity index (χ4n) is 1.82. The molecule has 1 amide bonds. The predicted molar refractivity (Wildman–Crippen MR) is 80.3 cm³/mol. The molecule has 4 nitrogen and oxygen atoms in total. The van der Waals surface area contributed by atoms with E-state index >= 15 is 0 Å². The van der Waals surface area contributed by atoms with Crippen LogP contribution in [-0.4, -0.2) is 25.7 Å². The molecule has 0 saturated heterocycles. The minimum absolute atomic E-state index is 0.0257. The van der Waals surface area contributed by atoms with Crippen LogP contribution in [0.15, 0.2) is 24.3 Å². The van der Waals surface area contributed by atoms with Crippen molar-refractivity contribution in [2.75, 3.05) is 19.8 Å². The molecule has 0 aliphatic carbocycles. The van der Waals surface area contributed by atoms with Gasteiger partial charge in [0.2, 0.25) is 0 Å². The van der Waals surface area contributed by atoms with Crippen molar-refractivity contribution in [2.24, 2.45) is 0 Å². The molecule has 112 valence electrons. The van der Waals surface area contributed by atoms with Gasteiger partial charge in [0.05, 0.1) is 6.61 Å². The van der Waals surface area contributed by atoms with E-state index in [-0.39, 0.29) is 12.5 Å². The normalized spacial score (nSPS) is 10.1. The first-order chi connectivity index (χ1) is 9.77. The van der Waals surface area contributed by atoms with Crippen molar-refractivity contribution in [3.63, 3.8) is 0 Å². The van der Waals surface area contributed by atoms with Gasteiger partial charge in [-0.1, -0.05) is 38.3 Å². The molecule has 0 aliphatic rings. The molecule has 0 unspecified atom stereocenters. The molecule has 0 saturated carbocycles. The van der Waals surface area contributed by atoms with Gasteiger partial charge in [-0.25, -0.2) is 0 Å². The van der Waals surface area contributed by atoms with Crippen LogP contribution in [-0.2, 0) is 4.79 Å². The molecule has 0 atom stereocenters. The summed E-state index contributed by atoms with van der Waals surface area (Å²) in [4.78, 5) is 11.6. The maximum absolute atomic E-state index is 11.6. The van der Waals surface area contributed by atoms with Crippen LogP contribution in [0.3, 0.4) is 0 Å². The van der Waals surface area contributed by atoms with Crippen LogP contribution in [0.2, 0.25) is 0 Å². The smallest absolute Gasteiger partial charge is 0.257 e. The van der Waals surface area contributed by atoms with Gasteiger partial charge >= 0.3 is 0 Å². The number of nitrogens with one attached hydrogen (secondary N) is 1. The van der Waals surface area contributed by atoms with E-state index in [1.807, 2.05) is 25.1 Å². The topological polar surface area (TPSA) is 47.6 Å². The molecular formula is C16H25NO3. The highest BCUT2D eigenvalue weighted by Crippen LogP contribution is 2.26. The quantitative estimate of drug-likeness (QED) is 0.669. The molecule has 0 radical (unpaired) electrons. The van der Waals surface area contributed by atoms with Gasteiger partial charge in [-0.05, 0) is 25.5 Å². The Kier molecular flexibility index (Phi) is 8.27. The Labute approximate surface area is 121 Å². The van der Waals surface area contributed by atoms with E-state index < -0.39 is 0 Å². The Morgan fingerprint density at radius 2 is 1.75 bits per heavy atom. The highest BCUT2D eigenvalue weighted by atomic mass is 16.5. The number of para-hydroxylation sites is 2. The lowest BCUT2D eigenvalue weighted by atomic mass is 10.2. The first kappa shape index (κ1) is 16.3. The second-order valence-corrected chi connectivity index (χ2v) is 4.58. The summed E-state index contributed by atoms with van der Waals surface area (Å²) in [5, 5.41) is 2.86. The summed E-state index contributed by atoms with van der Waals surface area (Å²) in [5.41, 5.74) is 0. The molecule has 20 heavy (non-hydrogen) atoms. The zero-order chi connectivity index (χ0) is 14.6. The second-order valence-electron chi connectivity index (χ2n) is 4.58. The van der Waals surface area contributed by atoms with Gasteiger partial charge in [-0.15, -0.1) is 0 Å². The van der Waals surface area contributed by atoms with E-state index in [1.54, 1.807) is 6.07 Å². The van der Waals surface area contributed by atoms with Crippen molar-refractivity contribution >= 4 is 5.91 Å². The van der Waals surface area contributed by atoms with Gasteiger partial charge in [-0.3, -0.25) is 4.79 Å². The molecule has 0 heterocycles. The van der Waals surface area contributed by atoms with Crippen LogP contribution in [0.25, 0.3) is 0 Å². The summed E-state index contributed by atoms with van der Waals surface area (Å²) in [6.45, 7) is 5.40. The Bertz CT molecular complexity index is 393. The molecule has 0 aliphatic heterocycles. The van der Waals surface area contributed by atoms with Crippen LogP contribution in [0, 0.1) is 0 Å². The fraction of sp³-hybridized carbons (Fsp3) is 0.562. The van der Waals surface area contributed by atoms with E-state index in [2.05, 4.69) is 12.2 Å². The molecule has 0 fully saturated rings. The summed E-state index contributed by atoms with van der Waals surface area (Å²) >= 11 is 0. The SMILES string of the molecule is CCCCCCNC(=O)COc1ccccc1OCC. The standard InChI is InChI=1S/C16H25NO3/c1-3-5-6-9-12-17-16(18)13-20-15-11-8-7-10-14(15)19-4-2/h7-8,10-11H,3-6,9,12-13H2,1-2H3,(H,17,18). The number of benzene rings is 1. The van der Waals surface area contributed by atoms with Crippen LogP contribution >= 0.6 is 0 Å². The van der Waals surface area contributed by atoms with Crippen molar-refractivity contribution in [1.82, 2.24) is 5.32 Å². The molecule has 4 heteroatoms. The van der Waals surface area contributed by atoms with E-state index in [9.17, 15) is 4.79 Å². The molecular weight excluding hydrogens is 254 g/mol. The van der Waals surface area contributed by atoms with Crippen molar-refractivity contribution in [1.29, 1.82) is 0 Å². The van der Waals surface area contributed by atoms with Gasteiger partial charge in [0.1, 0.15) is 0 Å². The number of carbonyl (C=O) groups is 1. The van der Waals surface area contributed by atoms with Gasteiger partial charge in [0, 0.05) is 6.54 Å². The zero-order valence-electron chi connectivity index (χ0n) is 12.5. The minimum Gasteiger partial charge on any atom is -0.490 e. The minimum atomic E-state index is -0.0900. The number of rotatable bonds is 10. The maximum Gasteiger partial charge on any atom is 0.257 e. The largest absolute Gasteiger partial charge is 0.490 e. The Balaban J connectivity index is 2.26. The maximum atomic E-state index is 11.6. The van der Waals surface area contributed by atoms with Gasteiger partial charge in [0.25, 0.3) is 5.91 Å². The van der Waals surface area contributed by atoms with E-state index in [1.165, 1.54) is 12.8 Å². The predicted octanol–water partition coefficient (Wildman–Crippen LogP) is 3.16. The molecule has 1 rings (SSSR count). The Hall–Kier alpha value is -1.71. The van der Waals surface area contributed by atoms with Gasteiger partial charge in [-0.2, -0.15) is 0 Å². The van der Waals surface area contributed by atoms with Crippen molar-refractivity contribution in [3.05, 3.63) is 24.3 Å². The summed E-state index contributed by atoms with van der Waals surface area (Å²) in [5.74, 6) is 1.19. The lowest BCUT2D eigenvalue weighted by Gasteiger charge is -2.11. The zero-order valence-corrected chi connectivity index (χ0v) is 12.5. The number of hydrogen-bond acceptors (Lipinski definition) is 3. The van der Waals surface area contributed by atoms with E-state index in [0.717, 1.165) is 19.4 Å². The van der Waals surface area contributed by atoms with Crippen molar-refractivity contribution in [3.8, 4) is 11.5 Å². The molecule has 0 bridgehead atoms. The molecule has 0 spiro atoms. The second kappa shape index (κ2) is 10.1. The summed E-state index contributed by atoms with van der Waals surface area (Å²) < 4.78 is 10.9. The average molecular weight is 279 g/mol. The molecule has 0 aromatic heterocycles. The third-order valence-electron chi connectivity index (χ3n) is 2.86. The fourth-order valence-corrected chi connectivity index (χ4v) is 1.82. The lowest BCUT2D eigenvalue weighted by molar-refractivity contribution is -0.123. The highest BCUT2D eigenvalue weighted by molar-refractivity contribution is 5.77. The summed E-state index contributed by atoms with van der Waals surface area (Å²) in [6.07, 6.45) is 4.60. The summed E-state index contributed by atoms with van der Waals surface area (Å²) in [7, 11) is 0. The number of ether oxygens (including phenoxy) is 2. The van der Waals surface area contributed by atoms with Crippen molar-refractivity contribution < 1.29 is 14.3 Å². The van der Waals surface area contributed by atoms with Crippen molar-refractivity contribution in [2.45, 2.75) is 39.5 Å². The third-order valence-corrected chi connectivity index (χ3v) is 2.86. The number of unbranched alkanes of at least 4 members (excludes halogenated alkanes) is 3. The van der Waals surface area contributed by atoms with Gasteiger partial charge in [0.15, 0.2) is 18.1 Å². The van der Waals surface area contributed by atoms with Crippen LogP contribution in [0.1, 0.15) is 39.5 Å². The Morgan fingerprint density at radius 1 is 1.05 bits per heavy atom. The number of amides is 1. The molecule has 1 N–H and O–H groups in total. The molecule has 1 aromatic rings. The van der Waals surface area contributed by atoms with Gasteiger partial charge < -0.3 is 14.8 Å². The monoisotopic (exact) mass is 279 g/mol. The highest BCUT2D eigenvalue weighted by Gasteiger charge is 2.06. The first-order valence-corrected chi connectivity index (χ1v) is 7.39. The summed E-state index contributed by atoms with van der Waals surface area (Å²) in [6, 6.07) is 7.38. The number of hydrogen-bond donors (Lipinski definition) is 1. The van der Waals surface area contributed by atoms with Crippen LogP contribution < -0.4 is 14.8 Å². The van der Waals surface area contributed by atoms with Crippen LogP contribution in [0.4, 0.5) is 0 Å². The van der Waals surface area contributed by atoms with E-state index in [4.69, 9.17) is 9.47 Å². The average Bonchev–Trinajstić information content (AvgIpc) is 2.46. The third kappa shape index (κ3) is 6.45. The number of carbonyl (C=O) groups excluding carboxylic acids is 1. The molecule has 1 aromatic carbocycles.